The Hall–Kier alpha value is -0.0800. The molecule has 0 bridgehead atoms. The highest BCUT2D eigenvalue weighted by molar-refractivity contribution is 5.19. The lowest BCUT2D eigenvalue weighted by Crippen LogP contribution is -2.27. The molecule has 2 heteroatoms. The van der Waals surface area contributed by atoms with E-state index in [0.29, 0.717) is 16.2 Å². The molecule has 0 aromatic carbocycles. The van der Waals surface area contributed by atoms with E-state index in [2.05, 4.69) is 33.0 Å². The molecular weight excluding hydrogens is 222 g/mol. The third-order valence-corrected chi connectivity index (χ3v) is 6.07. The molecule has 2 aliphatic rings. The molecule has 1 spiro atoms. The van der Waals surface area contributed by atoms with Gasteiger partial charge in [0, 0.05) is 13.7 Å². The lowest BCUT2D eigenvalue weighted by molar-refractivity contribution is 0.146. The fraction of sp³-hybridized carbons (Fsp3) is 1.00. The van der Waals surface area contributed by atoms with Crippen LogP contribution in [0.2, 0.25) is 0 Å². The molecule has 106 valence electrons. The van der Waals surface area contributed by atoms with Gasteiger partial charge < -0.3 is 10.1 Å². The minimum absolute atomic E-state index is 0.545. The quantitative estimate of drug-likeness (QED) is 0.758. The first-order valence-corrected chi connectivity index (χ1v) is 7.55. The van der Waals surface area contributed by atoms with E-state index >= 15 is 0 Å². The van der Waals surface area contributed by atoms with E-state index in [4.69, 9.17) is 4.74 Å². The standard InChI is InChI=1S/C16H31NO/c1-14(2)6-8-16(9-7-14)13(15(16,3)4)12-17-10-11-18-5/h13,17H,6-12H2,1-5H3. The van der Waals surface area contributed by atoms with Gasteiger partial charge in [-0.2, -0.15) is 0 Å². The van der Waals surface area contributed by atoms with Crippen molar-refractivity contribution in [3.63, 3.8) is 0 Å². The van der Waals surface area contributed by atoms with E-state index in [1.807, 2.05) is 0 Å². The Kier molecular flexibility index (Phi) is 3.81. The summed E-state index contributed by atoms with van der Waals surface area (Å²) < 4.78 is 5.10. The molecule has 0 aromatic heterocycles. The summed E-state index contributed by atoms with van der Waals surface area (Å²) in [6, 6.07) is 0. The molecule has 2 fully saturated rings. The molecule has 1 unspecified atom stereocenters. The average molecular weight is 253 g/mol. The summed E-state index contributed by atoms with van der Waals surface area (Å²) in [7, 11) is 1.77. The van der Waals surface area contributed by atoms with Crippen molar-refractivity contribution in [2.24, 2.45) is 22.2 Å². The van der Waals surface area contributed by atoms with E-state index in [9.17, 15) is 0 Å². The first-order valence-electron chi connectivity index (χ1n) is 7.55. The molecule has 0 amide bonds. The van der Waals surface area contributed by atoms with Gasteiger partial charge in [0.2, 0.25) is 0 Å². The van der Waals surface area contributed by atoms with E-state index in [-0.39, 0.29) is 0 Å². The fourth-order valence-electron chi connectivity index (χ4n) is 4.30. The van der Waals surface area contributed by atoms with Crippen molar-refractivity contribution in [3.8, 4) is 0 Å². The summed E-state index contributed by atoms with van der Waals surface area (Å²) in [5.41, 5.74) is 1.77. The van der Waals surface area contributed by atoms with Gasteiger partial charge in [-0.3, -0.25) is 0 Å². The molecule has 1 N–H and O–H groups in total. The van der Waals surface area contributed by atoms with Crippen LogP contribution in [0.15, 0.2) is 0 Å². The van der Waals surface area contributed by atoms with Crippen LogP contribution >= 0.6 is 0 Å². The van der Waals surface area contributed by atoms with E-state index < -0.39 is 0 Å². The predicted molar refractivity (Wildman–Crippen MR) is 76.7 cm³/mol. The number of ether oxygens (including phenoxy) is 1. The highest BCUT2D eigenvalue weighted by atomic mass is 16.5. The zero-order valence-corrected chi connectivity index (χ0v) is 12.9. The van der Waals surface area contributed by atoms with Crippen molar-refractivity contribution in [3.05, 3.63) is 0 Å². The number of nitrogens with one attached hydrogen (secondary N) is 1. The third-order valence-electron chi connectivity index (χ3n) is 6.07. The summed E-state index contributed by atoms with van der Waals surface area (Å²) in [5, 5.41) is 3.57. The maximum absolute atomic E-state index is 5.10. The minimum atomic E-state index is 0.545. The smallest absolute Gasteiger partial charge is 0.0587 e. The second-order valence-corrected chi connectivity index (χ2v) is 7.79. The highest BCUT2D eigenvalue weighted by Gasteiger charge is 2.70. The van der Waals surface area contributed by atoms with Gasteiger partial charge in [-0.05, 0) is 54.4 Å². The first-order chi connectivity index (χ1) is 8.36. The Bertz CT molecular complexity index is 285. The summed E-state index contributed by atoms with van der Waals surface area (Å²) in [4.78, 5) is 0. The SMILES string of the molecule is COCCNCC1C(C)(C)C12CCC(C)(C)CC2. The summed E-state index contributed by atoms with van der Waals surface area (Å²) in [6.45, 7) is 12.8. The van der Waals surface area contributed by atoms with Gasteiger partial charge in [0.15, 0.2) is 0 Å². The summed E-state index contributed by atoms with van der Waals surface area (Å²) in [5.74, 6) is 0.873. The van der Waals surface area contributed by atoms with Crippen molar-refractivity contribution in [2.75, 3.05) is 26.8 Å². The lowest BCUT2D eigenvalue weighted by Gasteiger charge is -2.37. The maximum Gasteiger partial charge on any atom is 0.0587 e. The van der Waals surface area contributed by atoms with E-state index in [1.165, 1.54) is 32.2 Å². The Morgan fingerprint density at radius 1 is 1.06 bits per heavy atom. The van der Waals surface area contributed by atoms with Crippen LogP contribution in [-0.4, -0.2) is 26.8 Å². The molecule has 2 nitrogen and oxygen atoms in total. The highest BCUT2D eigenvalue weighted by Crippen LogP contribution is 2.75. The molecule has 0 saturated heterocycles. The molecule has 0 radical (unpaired) electrons. The van der Waals surface area contributed by atoms with E-state index in [0.717, 1.165) is 19.1 Å². The molecule has 2 aliphatic carbocycles. The third kappa shape index (κ3) is 2.34. The number of hydrogen-bond donors (Lipinski definition) is 1. The largest absolute Gasteiger partial charge is 0.383 e. The van der Waals surface area contributed by atoms with Gasteiger partial charge in [0.25, 0.3) is 0 Å². The molecule has 2 saturated carbocycles. The predicted octanol–water partition coefficient (Wildman–Crippen LogP) is 3.47. The topological polar surface area (TPSA) is 21.3 Å². The van der Waals surface area contributed by atoms with Gasteiger partial charge in [0.1, 0.15) is 0 Å². The van der Waals surface area contributed by atoms with E-state index in [1.54, 1.807) is 7.11 Å². The number of methoxy groups -OCH3 is 1. The second kappa shape index (κ2) is 4.79. The molecule has 0 aliphatic heterocycles. The molecule has 0 aromatic rings. The molecule has 0 heterocycles. The molecular formula is C16H31NO. The van der Waals surface area contributed by atoms with Gasteiger partial charge in [-0.15, -0.1) is 0 Å². The van der Waals surface area contributed by atoms with Gasteiger partial charge >= 0.3 is 0 Å². The first kappa shape index (κ1) is 14.3. The van der Waals surface area contributed by atoms with Gasteiger partial charge in [0.05, 0.1) is 6.61 Å². The zero-order chi connectivity index (χ0) is 13.4. The van der Waals surface area contributed by atoms with Crippen molar-refractivity contribution in [2.45, 2.75) is 53.4 Å². The minimum Gasteiger partial charge on any atom is -0.383 e. The maximum atomic E-state index is 5.10. The summed E-state index contributed by atoms with van der Waals surface area (Å²) in [6.07, 6.45) is 5.68. The normalized spacial score (nSPS) is 31.5. The van der Waals surface area contributed by atoms with Gasteiger partial charge in [-0.1, -0.05) is 27.7 Å². The van der Waals surface area contributed by atoms with Crippen LogP contribution in [0.1, 0.15) is 53.4 Å². The Labute approximate surface area is 113 Å². The second-order valence-electron chi connectivity index (χ2n) is 7.79. The Balaban J connectivity index is 1.86. The van der Waals surface area contributed by atoms with Crippen molar-refractivity contribution in [1.29, 1.82) is 0 Å². The lowest BCUT2D eigenvalue weighted by atomic mass is 9.69. The zero-order valence-electron chi connectivity index (χ0n) is 12.9. The van der Waals surface area contributed by atoms with Crippen LogP contribution in [0.5, 0.6) is 0 Å². The number of rotatable bonds is 5. The van der Waals surface area contributed by atoms with Gasteiger partial charge in [-0.25, -0.2) is 0 Å². The molecule has 1 atom stereocenters. The monoisotopic (exact) mass is 253 g/mol. The molecule has 18 heavy (non-hydrogen) atoms. The van der Waals surface area contributed by atoms with Crippen molar-refractivity contribution < 1.29 is 4.74 Å². The average Bonchev–Trinajstić information content (AvgIpc) is 2.75. The summed E-state index contributed by atoms with van der Waals surface area (Å²) >= 11 is 0. The van der Waals surface area contributed by atoms with Crippen molar-refractivity contribution >= 4 is 0 Å². The Morgan fingerprint density at radius 2 is 1.67 bits per heavy atom. The van der Waals surface area contributed by atoms with Crippen LogP contribution in [0.25, 0.3) is 0 Å². The fourth-order valence-corrected chi connectivity index (χ4v) is 4.30. The Morgan fingerprint density at radius 3 is 2.22 bits per heavy atom. The van der Waals surface area contributed by atoms with Crippen LogP contribution in [0, 0.1) is 22.2 Å². The van der Waals surface area contributed by atoms with Crippen LogP contribution in [0.4, 0.5) is 0 Å². The van der Waals surface area contributed by atoms with Crippen molar-refractivity contribution in [1.82, 2.24) is 5.32 Å². The van der Waals surface area contributed by atoms with Crippen LogP contribution in [0.3, 0.4) is 0 Å². The number of hydrogen-bond acceptors (Lipinski definition) is 2. The molecule has 2 rings (SSSR count). The van der Waals surface area contributed by atoms with Crippen LogP contribution < -0.4 is 5.32 Å². The van der Waals surface area contributed by atoms with Crippen LogP contribution in [-0.2, 0) is 4.74 Å².